The van der Waals surface area contributed by atoms with Crippen LogP contribution in [0.3, 0.4) is 0 Å². The molecule has 0 bridgehead atoms. The van der Waals surface area contributed by atoms with Crippen molar-refractivity contribution in [3.05, 3.63) is 35.4 Å². The predicted octanol–water partition coefficient (Wildman–Crippen LogP) is 2.99. The van der Waals surface area contributed by atoms with Crippen LogP contribution in [0.2, 0.25) is 0 Å². The molecule has 5 heteroatoms. The third-order valence-corrected chi connectivity index (χ3v) is 4.40. The number of nitrogens with one attached hydrogen (secondary N) is 1. The van der Waals surface area contributed by atoms with Gasteiger partial charge in [0.2, 0.25) is 0 Å². The molecule has 1 fully saturated rings. The van der Waals surface area contributed by atoms with Crippen molar-refractivity contribution >= 4 is 11.9 Å². The average molecular weight is 319 g/mol. The van der Waals surface area contributed by atoms with Gasteiger partial charge in [-0.05, 0) is 30.5 Å². The van der Waals surface area contributed by atoms with E-state index in [0.717, 1.165) is 37.7 Å². The number of aliphatic carboxylic acids is 1. The molecule has 1 aliphatic rings. The highest BCUT2D eigenvalue weighted by atomic mass is 16.5. The summed E-state index contributed by atoms with van der Waals surface area (Å²) in [5, 5.41) is 12.4. The first kappa shape index (κ1) is 17.5. The minimum absolute atomic E-state index is 0.209. The first-order chi connectivity index (χ1) is 11.1. The van der Waals surface area contributed by atoms with Crippen molar-refractivity contribution in [2.45, 2.75) is 51.2 Å². The summed E-state index contributed by atoms with van der Waals surface area (Å²) in [5.74, 6) is -1.52. The Morgan fingerprint density at radius 1 is 1.22 bits per heavy atom. The molecule has 2 atom stereocenters. The molecule has 0 heterocycles. The lowest BCUT2D eigenvalue weighted by atomic mass is 9.86. The molecule has 1 aromatic carbocycles. The number of hydrogen-bond donors (Lipinski definition) is 2. The van der Waals surface area contributed by atoms with Crippen LogP contribution in [-0.4, -0.2) is 30.1 Å². The van der Waals surface area contributed by atoms with Gasteiger partial charge in [0.1, 0.15) is 0 Å². The maximum atomic E-state index is 12.5. The second kappa shape index (κ2) is 8.67. The maximum Gasteiger partial charge on any atom is 0.308 e. The van der Waals surface area contributed by atoms with E-state index in [1.54, 1.807) is 19.2 Å². The number of ether oxygens (including phenoxy) is 1. The van der Waals surface area contributed by atoms with E-state index >= 15 is 0 Å². The molecule has 1 aliphatic carbocycles. The number of amides is 1. The Labute approximate surface area is 137 Å². The van der Waals surface area contributed by atoms with Crippen LogP contribution in [0.15, 0.2) is 24.3 Å². The van der Waals surface area contributed by atoms with Crippen LogP contribution in [0.4, 0.5) is 0 Å². The molecule has 1 aromatic rings. The van der Waals surface area contributed by atoms with Gasteiger partial charge in [0, 0.05) is 18.7 Å². The molecule has 5 nitrogen and oxygen atoms in total. The van der Waals surface area contributed by atoms with E-state index in [0.29, 0.717) is 18.6 Å². The molecule has 126 valence electrons. The van der Waals surface area contributed by atoms with E-state index in [1.807, 2.05) is 12.1 Å². The van der Waals surface area contributed by atoms with Gasteiger partial charge < -0.3 is 15.2 Å². The quantitative estimate of drug-likeness (QED) is 0.875. The molecular weight excluding hydrogens is 294 g/mol. The number of rotatable bonds is 5. The van der Waals surface area contributed by atoms with Crippen LogP contribution >= 0.6 is 0 Å². The molecule has 2 rings (SSSR count). The van der Waals surface area contributed by atoms with Crippen molar-refractivity contribution in [3.63, 3.8) is 0 Å². The SMILES string of the molecule is COCc1cccc(C(=O)NC2CCCCCCC2C(=O)O)c1. The molecule has 1 saturated carbocycles. The van der Waals surface area contributed by atoms with Gasteiger partial charge >= 0.3 is 5.97 Å². The fraction of sp³-hybridized carbons (Fsp3) is 0.556. The van der Waals surface area contributed by atoms with Crippen LogP contribution in [0, 0.1) is 5.92 Å². The number of carbonyl (C=O) groups excluding carboxylic acids is 1. The Balaban J connectivity index is 2.09. The van der Waals surface area contributed by atoms with Crippen LogP contribution in [0.25, 0.3) is 0 Å². The highest BCUT2D eigenvalue weighted by Crippen LogP contribution is 2.23. The Bertz CT molecular complexity index is 544. The van der Waals surface area contributed by atoms with E-state index in [1.165, 1.54) is 0 Å². The van der Waals surface area contributed by atoms with E-state index in [4.69, 9.17) is 4.74 Å². The zero-order chi connectivity index (χ0) is 16.7. The molecule has 2 unspecified atom stereocenters. The van der Waals surface area contributed by atoms with Gasteiger partial charge in [0.25, 0.3) is 5.91 Å². The summed E-state index contributed by atoms with van der Waals surface area (Å²) in [7, 11) is 1.61. The number of methoxy groups -OCH3 is 1. The number of carbonyl (C=O) groups is 2. The lowest BCUT2D eigenvalue weighted by Crippen LogP contribution is -2.43. The Kier molecular flexibility index (Phi) is 6.59. The summed E-state index contributed by atoms with van der Waals surface area (Å²) in [4.78, 5) is 24.0. The molecule has 0 aromatic heterocycles. The summed E-state index contributed by atoms with van der Waals surface area (Å²) in [6.45, 7) is 0.447. The van der Waals surface area contributed by atoms with Crippen LogP contribution < -0.4 is 5.32 Å². The molecular formula is C18H25NO4. The second-order valence-electron chi connectivity index (χ2n) is 6.15. The number of carboxylic acid groups (broad SMARTS) is 1. The van der Waals surface area contributed by atoms with Crippen LogP contribution in [0.5, 0.6) is 0 Å². The summed E-state index contributed by atoms with van der Waals surface area (Å²) < 4.78 is 5.08. The van der Waals surface area contributed by atoms with Gasteiger partial charge in [-0.25, -0.2) is 0 Å². The van der Waals surface area contributed by atoms with Gasteiger partial charge in [-0.1, -0.05) is 37.8 Å². The predicted molar refractivity (Wildman–Crippen MR) is 87.2 cm³/mol. The third kappa shape index (κ3) is 5.06. The highest BCUT2D eigenvalue weighted by Gasteiger charge is 2.30. The highest BCUT2D eigenvalue weighted by molar-refractivity contribution is 5.94. The molecule has 2 N–H and O–H groups in total. The molecule has 0 spiro atoms. The van der Waals surface area contributed by atoms with Gasteiger partial charge in [-0.15, -0.1) is 0 Å². The first-order valence-corrected chi connectivity index (χ1v) is 8.23. The summed E-state index contributed by atoms with van der Waals surface area (Å²) >= 11 is 0. The fourth-order valence-corrected chi connectivity index (χ4v) is 3.17. The minimum atomic E-state index is -0.815. The van der Waals surface area contributed by atoms with E-state index in [2.05, 4.69) is 5.32 Å². The fourth-order valence-electron chi connectivity index (χ4n) is 3.17. The number of hydrogen-bond acceptors (Lipinski definition) is 3. The van der Waals surface area contributed by atoms with Gasteiger partial charge in [-0.3, -0.25) is 9.59 Å². The zero-order valence-corrected chi connectivity index (χ0v) is 13.6. The van der Waals surface area contributed by atoms with E-state index in [9.17, 15) is 14.7 Å². The zero-order valence-electron chi connectivity index (χ0n) is 13.6. The Morgan fingerprint density at radius 2 is 1.96 bits per heavy atom. The first-order valence-electron chi connectivity index (χ1n) is 8.23. The van der Waals surface area contributed by atoms with Crippen molar-refractivity contribution in [1.29, 1.82) is 0 Å². The molecule has 0 saturated heterocycles. The Morgan fingerprint density at radius 3 is 2.65 bits per heavy atom. The van der Waals surface area contributed by atoms with Gasteiger partial charge in [0.15, 0.2) is 0 Å². The standard InChI is InChI=1S/C18H25NO4/c1-23-12-13-7-6-8-14(11-13)17(20)19-16-10-5-3-2-4-9-15(16)18(21)22/h6-8,11,15-16H,2-5,9-10,12H2,1H3,(H,19,20)(H,21,22). The second-order valence-corrected chi connectivity index (χ2v) is 6.15. The van der Waals surface area contributed by atoms with Gasteiger partial charge in [0.05, 0.1) is 12.5 Å². The largest absolute Gasteiger partial charge is 0.481 e. The molecule has 23 heavy (non-hydrogen) atoms. The summed E-state index contributed by atoms with van der Waals surface area (Å²) in [6.07, 6.45) is 5.39. The van der Waals surface area contributed by atoms with Crippen molar-refractivity contribution < 1.29 is 19.4 Å². The van der Waals surface area contributed by atoms with Crippen molar-refractivity contribution in [2.75, 3.05) is 7.11 Å². The van der Waals surface area contributed by atoms with Gasteiger partial charge in [-0.2, -0.15) is 0 Å². The minimum Gasteiger partial charge on any atom is -0.481 e. The van der Waals surface area contributed by atoms with E-state index in [-0.39, 0.29) is 11.9 Å². The van der Waals surface area contributed by atoms with Crippen LogP contribution in [0.1, 0.15) is 54.4 Å². The van der Waals surface area contributed by atoms with Crippen molar-refractivity contribution in [1.82, 2.24) is 5.32 Å². The third-order valence-electron chi connectivity index (χ3n) is 4.40. The summed E-state index contributed by atoms with van der Waals surface area (Å²) in [5.41, 5.74) is 1.47. The van der Waals surface area contributed by atoms with Crippen LogP contribution in [-0.2, 0) is 16.1 Å². The van der Waals surface area contributed by atoms with E-state index < -0.39 is 11.9 Å². The lowest BCUT2D eigenvalue weighted by molar-refractivity contribution is -0.143. The average Bonchev–Trinajstić information content (AvgIpc) is 2.50. The normalized spacial score (nSPS) is 22.0. The molecule has 0 aliphatic heterocycles. The summed E-state index contributed by atoms with van der Waals surface area (Å²) in [6, 6.07) is 6.95. The Hall–Kier alpha value is -1.88. The molecule has 0 radical (unpaired) electrons. The number of carboxylic acids is 1. The van der Waals surface area contributed by atoms with Crippen molar-refractivity contribution in [3.8, 4) is 0 Å². The molecule has 1 amide bonds. The number of benzene rings is 1. The monoisotopic (exact) mass is 319 g/mol. The van der Waals surface area contributed by atoms with Crippen molar-refractivity contribution in [2.24, 2.45) is 5.92 Å². The smallest absolute Gasteiger partial charge is 0.308 e. The lowest BCUT2D eigenvalue weighted by Gasteiger charge is -2.27. The topological polar surface area (TPSA) is 75.6 Å². The maximum absolute atomic E-state index is 12.5.